The minimum Gasteiger partial charge on any atom is -0.351 e. The van der Waals surface area contributed by atoms with E-state index in [0.29, 0.717) is 0 Å². The first-order chi connectivity index (χ1) is 16.6. The van der Waals surface area contributed by atoms with E-state index in [2.05, 4.69) is 15.6 Å². The molecular weight excluding hydrogens is 446 g/mol. The molecule has 1 fully saturated rings. The molecule has 34 heavy (non-hydrogen) atoms. The maximum absolute atomic E-state index is 13.9. The van der Waals surface area contributed by atoms with Gasteiger partial charge in [0.2, 0.25) is 11.8 Å². The number of fused-ring (bicyclic) bond motifs is 1. The maximum Gasteiger partial charge on any atom is 0.249 e. The molecule has 7 nitrogen and oxygen atoms in total. The van der Waals surface area contributed by atoms with E-state index in [0.717, 1.165) is 53.5 Å². The van der Waals surface area contributed by atoms with Crippen LogP contribution in [-0.4, -0.2) is 32.9 Å². The van der Waals surface area contributed by atoms with Crippen LogP contribution in [0.15, 0.2) is 65.4 Å². The standard InChI is InChI=1S/C26H27N5O2S/c1-18-8-2-6-12-22(18)31(24(32)16-30-23-13-7-5-11-21(23)28-29-30)25(19-14-15-34-17-19)26(33)27-20-9-3-4-10-20/h2,5-8,11-15,17,20,25H,3-4,9-10,16H2,1H3,(H,27,33)/t25-/m0/s1. The van der Waals surface area contributed by atoms with Crippen LogP contribution in [0.5, 0.6) is 0 Å². The number of aryl methyl sites for hydroxylation is 1. The van der Waals surface area contributed by atoms with Gasteiger partial charge in [0.15, 0.2) is 0 Å². The third kappa shape index (κ3) is 4.46. The van der Waals surface area contributed by atoms with Crippen molar-refractivity contribution in [2.24, 2.45) is 0 Å². The smallest absolute Gasteiger partial charge is 0.249 e. The van der Waals surface area contributed by atoms with E-state index >= 15 is 0 Å². The molecule has 1 saturated carbocycles. The normalized spacial score (nSPS) is 14.9. The van der Waals surface area contributed by atoms with E-state index in [1.54, 1.807) is 9.58 Å². The van der Waals surface area contributed by atoms with Crippen molar-refractivity contribution in [3.05, 3.63) is 76.5 Å². The van der Waals surface area contributed by atoms with Gasteiger partial charge in [-0.05, 0) is 65.9 Å². The summed E-state index contributed by atoms with van der Waals surface area (Å²) in [6, 6.07) is 16.5. The molecule has 0 radical (unpaired) electrons. The molecule has 0 unspecified atom stereocenters. The van der Waals surface area contributed by atoms with Gasteiger partial charge >= 0.3 is 0 Å². The van der Waals surface area contributed by atoms with Crippen LogP contribution in [0.1, 0.15) is 42.9 Å². The zero-order chi connectivity index (χ0) is 23.5. The van der Waals surface area contributed by atoms with E-state index in [4.69, 9.17) is 0 Å². The van der Waals surface area contributed by atoms with Crippen LogP contribution in [0, 0.1) is 6.92 Å². The Morgan fingerprint density at radius 3 is 2.65 bits per heavy atom. The van der Waals surface area contributed by atoms with Gasteiger partial charge in [0.05, 0.1) is 5.52 Å². The molecular formula is C26H27N5O2S. The number of nitrogens with zero attached hydrogens (tertiary/aromatic N) is 4. The van der Waals surface area contributed by atoms with Crippen molar-refractivity contribution in [2.75, 3.05) is 4.90 Å². The summed E-state index contributed by atoms with van der Waals surface area (Å²) in [7, 11) is 0. The molecule has 1 atom stereocenters. The number of carbonyl (C=O) groups is 2. The van der Waals surface area contributed by atoms with Gasteiger partial charge in [-0.1, -0.05) is 48.4 Å². The Hall–Kier alpha value is -3.52. The van der Waals surface area contributed by atoms with E-state index in [-0.39, 0.29) is 24.4 Å². The van der Waals surface area contributed by atoms with Gasteiger partial charge < -0.3 is 5.32 Å². The number of thiophene rings is 1. The SMILES string of the molecule is Cc1ccccc1N(C(=O)Cn1nnc2ccccc21)[C@H](C(=O)NC1CCCC1)c1ccsc1. The Bertz CT molecular complexity index is 1290. The number of nitrogens with one attached hydrogen (secondary N) is 1. The first-order valence-corrected chi connectivity index (χ1v) is 12.5. The molecule has 174 valence electrons. The van der Waals surface area contributed by atoms with Crippen molar-refractivity contribution in [3.63, 3.8) is 0 Å². The molecule has 4 aromatic rings. The summed E-state index contributed by atoms with van der Waals surface area (Å²) in [6.07, 6.45) is 4.19. The summed E-state index contributed by atoms with van der Waals surface area (Å²) >= 11 is 1.52. The van der Waals surface area contributed by atoms with E-state index in [1.165, 1.54) is 11.3 Å². The van der Waals surface area contributed by atoms with Crippen LogP contribution in [0.4, 0.5) is 5.69 Å². The highest BCUT2D eigenvalue weighted by Crippen LogP contribution is 2.32. The molecule has 1 aliphatic rings. The van der Waals surface area contributed by atoms with Crippen molar-refractivity contribution in [2.45, 2.75) is 51.2 Å². The van der Waals surface area contributed by atoms with Gasteiger partial charge in [0, 0.05) is 11.7 Å². The lowest BCUT2D eigenvalue weighted by Gasteiger charge is -2.32. The highest BCUT2D eigenvalue weighted by molar-refractivity contribution is 7.08. The van der Waals surface area contributed by atoms with Crippen molar-refractivity contribution >= 4 is 39.9 Å². The number of para-hydroxylation sites is 2. The van der Waals surface area contributed by atoms with Crippen molar-refractivity contribution in [3.8, 4) is 0 Å². The summed E-state index contributed by atoms with van der Waals surface area (Å²) in [5.74, 6) is -0.368. The molecule has 5 rings (SSSR count). The second-order valence-corrected chi connectivity index (χ2v) is 9.52. The topological polar surface area (TPSA) is 80.1 Å². The number of rotatable bonds is 7. The molecule has 1 N–H and O–H groups in total. The third-order valence-electron chi connectivity index (χ3n) is 6.42. The lowest BCUT2D eigenvalue weighted by Crippen LogP contribution is -2.47. The first-order valence-electron chi connectivity index (χ1n) is 11.6. The van der Waals surface area contributed by atoms with Gasteiger partial charge in [0.25, 0.3) is 0 Å². The number of anilines is 1. The average molecular weight is 474 g/mol. The Labute approximate surface area is 202 Å². The third-order valence-corrected chi connectivity index (χ3v) is 7.12. The Morgan fingerprint density at radius 1 is 1.12 bits per heavy atom. The molecule has 1 aliphatic carbocycles. The van der Waals surface area contributed by atoms with Crippen LogP contribution < -0.4 is 10.2 Å². The Kier molecular flexibility index (Phi) is 6.40. The number of aromatic nitrogens is 3. The predicted molar refractivity (Wildman–Crippen MR) is 134 cm³/mol. The van der Waals surface area contributed by atoms with Crippen molar-refractivity contribution < 1.29 is 9.59 Å². The fourth-order valence-corrected chi connectivity index (χ4v) is 5.37. The minimum absolute atomic E-state index is 0.0216. The largest absolute Gasteiger partial charge is 0.351 e. The highest BCUT2D eigenvalue weighted by Gasteiger charge is 2.35. The second kappa shape index (κ2) is 9.77. The maximum atomic E-state index is 13.9. The Balaban J connectivity index is 1.55. The summed E-state index contributed by atoms with van der Waals surface area (Å²) in [4.78, 5) is 29.3. The molecule has 2 aromatic carbocycles. The fourth-order valence-electron chi connectivity index (χ4n) is 4.69. The number of benzene rings is 2. The fraction of sp³-hybridized carbons (Fsp3) is 0.308. The predicted octanol–water partition coefficient (Wildman–Crippen LogP) is 4.63. The second-order valence-electron chi connectivity index (χ2n) is 8.74. The number of hydrogen-bond donors (Lipinski definition) is 1. The number of carbonyl (C=O) groups excluding carboxylic acids is 2. The molecule has 8 heteroatoms. The van der Waals surface area contributed by atoms with Gasteiger partial charge in [-0.3, -0.25) is 14.5 Å². The van der Waals surface area contributed by atoms with Crippen molar-refractivity contribution in [1.29, 1.82) is 0 Å². The summed E-state index contributed by atoms with van der Waals surface area (Å²) in [6.45, 7) is 1.94. The molecule has 2 aromatic heterocycles. The van der Waals surface area contributed by atoms with Crippen LogP contribution >= 0.6 is 11.3 Å². The van der Waals surface area contributed by atoms with E-state index < -0.39 is 6.04 Å². The summed E-state index contributed by atoms with van der Waals surface area (Å²) in [5, 5.41) is 15.5. The molecule has 2 heterocycles. The Morgan fingerprint density at radius 2 is 1.88 bits per heavy atom. The van der Waals surface area contributed by atoms with Gasteiger partial charge in [-0.15, -0.1) is 5.10 Å². The zero-order valence-electron chi connectivity index (χ0n) is 19.1. The van der Waals surface area contributed by atoms with Crippen LogP contribution in [0.3, 0.4) is 0 Å². The number of hydrogen-bond acceptors (Lipinski definition) is 5. The average Bonchev–Trinajstić information content (AvgIpc) is 3.61. The van der Waals surface area contributed by atoms with Gasteiger partial charge in [-0.2, -0.15) is 11.3 Å². The summed E-state index contributed by atoms with van der Waals surface area (Å²) in [5.41, 5.74) is 3.96. The van der Waals surface area contributed by atoms with E-state index in [1.807, 2.05) is 72.3 Å². The van der Waals surface area contributed by atoms with Crippen LogP contribution in [-0.2, 0) is 16.1 Å². The van der Waals surface area contributed by atoms with Gasteiger partial charge in [0.1, 0.15) is 18.1 Å². The lowest BCUT2D eigenvalue weighted by atomic mass is 10.0. The zero-order valence-corrected chi connectivity index (χ0v) is 19.9. The molecule has 0 aliphatic heterocycles. The molecule has 2 amide bonds. The van der Waals surface area contributed by atoms with Crippen LogP contribution in [0.25, 0.3) is 11.0 Å². The van der Waals surface area contributed by atoms with Crippen molar-refractivity contribution in [1.82, 2.24) is 20.3 Å². The lowest BCUT2D eigenvalue weighted by molar-refractivity contribution is -0.127. The monoisotopic (exact) mass is 473 g/mol. The van der Waals surface area contributed by atoms with Crippen LogP contribution in [0.2, 0.25) is 0 Å². The van der Waals surface area contributed by atoms with Gasteiger partial charge in [-0.25, -0.2) is 4.68 Å². The minimum atomic E-state index is -0.768. The molecule has 0 saturated heterocycles. The molecule has 0 bridgehead atoms. The molecule has 0 spiro atoms. The highest BCUT2D eigenvalue weighted by atomic mass is 32.1. The first kappa shape index (κ1) is 22.3. The van der Waals surface area contributed by atoms with E-state index in [9.17, 15) is 9.59 Å². The number of amides is 2. The quantitative estimate of drug-likeness (QED) is 0.424. The summed E-state index contributed by atoms with van der Waals surface area (Å²) < 4.78 is 1.60.